The third-order valence-corrected chi connectivity index (χ3v) is 5.56. The van der Waals surface area contributed by atoms with Gasteiger partial charge in [0.1, 0.15) is 0 Å². The van der Waals surface area contributed by atoms with Crippen LogP contribution < -0.4 is 20.1 Å². The second kappa shape index (κ2) is 10.9. The van der Waals surface area contributed by atoms with E-state index in [0.29, 0.717) is 62.1 Å². The molecule has 4 rings (SSSR count). The van der Waals surface area contributed by atoms with Crippen LogP contribution in [-0.2, 0) is 4.74 Å². The number of morpholine rings is 1. The zero-order valence-corrected chi connectivity index (χ0v) is 19.7. The zero-order valence-electron chi connectivity index (χ0n) is 19.7. The summed E-state index contributed by atoms with van der Waals surface area (Å²) in [6.07, 6.45) is 2.05. The third kappa shape index (κ3) is 5.52. The number of nitrogens with one attached hydrogen (secondary N) is 2. The van der Waals surface area contributed by atoms with Crippen LogP contribution in [0.1, 0.15) is 16.9 Å². The number of aromatic nitrogens is 3. The highest BCUT2D eigenvalue weighted by atomic mass is 16.5. The predicted molar refractivity (Wildman–Crippen MR) is 129 cm³/mol. The first kappa shape index (κ1) is 24.0. The lowest BCUT2D eigenvalue weighted by Crippen LogP contribution is -2.46. The van der Waals surface area contributed by atoms with E-state index in [1.165, 1.54) is 0 Å². The summed E-state index contributed by atoms with van der Waals surface area (Å²) in [4.78, 5) is 30.9. The van der Waals surface area contributed by atoms with Gasteiger partial charge in [-0.1, -0.05) is 6.58 Å². The predicted octanol–water partition coefficient (Wildman–Crippen LogP) is 2.09. The fraction of sp³-hybridized carbons (Fsp3) is 0.333. The van der Waals surface area contributed by atoms with Crippen LogP contribution in [0.25, 0.3) is 16.9 Å². The van der Waals surface area contributed by atoms with Gasteiger partial charge in [-0.2, -0.15) is 5.10 Å². The molecule has 0 saturated carbocycles. The van der Waals surface area contributed by atoms with Crippen LogP contribution >= 0.6 is 0 Å². The van der Waals surface area contributed by atoms with Crippen LogP contribution in [-0.4, -0.2) is 78.5 Å². The van der Waals surface area contributed by atoms with Gasteiger partial charge in [0, 0.05) is 49.6 Å². The van der Waals surface area contributed by atoms with E-state index in [0.717, 1.165) is 11.3 Å². The monoisotopic (exact) mass is 480 g/mol. The summed E-state index contributed by atoms with van der Waals surface area (Å²) < 4.78 is 17.6. The van der Waals surface area contributed by atoms with E-state index >= 15 is 0 Å². The lowest BCUT2D eigenvalue weighted by Gasteiger charge is -2.27. The van der Waals surface area contributed by atoms with Crippen molar-refractivity contribution in [3.63, 3.8) is 0 Å². The van der Waals surface area contributed by atoms with Gasteiger partial charge in [-0.05, 0) is 24.3 Å². The number of ether oxygens (including phenoxy) is 3. The number of urea groups is 1. The molecule has 35 heavy (non-hydrogen) atoms. The third-order valence-electron chi connectivity index (χ3n) is 5.56. The van der Waals surface area contributed by atoms with E-state index in [4.69, 9.17) is 14.2 Å². The van der Waals surface area contributed by atoms with Gasteiger partial charge in [-0.25, -0.2) is 14.3 Å². The molecule has 3 heterocycles. The highest BCUT2D eigenvalue weighted by Crippen LogP contribution is 2.32. The molecule has 1 fully saturated rings. The summed E-state index contributed by atoms with van der Waals surface area (Å²) in [5.74, 6) is 0.854. The first-order valence-electron chi connectivity index (χ1n) is 11.2. The quantitative estimate of drug-likeness (QED) is 0.507. The van der Waals surface area contributed by atoms with Gasteiger partial charge in [0.05, 0.1) is 33.1 Å². The number of carbonyl (C=O) groups excluding carboxylic acids is 2. The molecule has 2 N–H and O–H groups in total. The molecule has 184 valence electrons. The lowest BCUT2D eigenvalue weighted by atomic mass is 10.1. The first-order valence-corrected chi connectivity index (χ1v) is 11.2. The molecule has 0 atom stereocenters. The van der Waals surface area contributed by atoms with Crippen molar-refractivity contribution >= 4 is 17.6 Å². The Bertz CT molecular complexity index is 1230. The molecule has 11 nitrogen and oxygen atoms in total. The van der Waals surface area contributed by atoms with E-state index < -0.39 is 0 Å². The molecule has 1 aliphatic rings. The summed E-state index contributed by atoms with van der Waals surface area (Å²) in [6, 6.07) is 8.75. The fourth-order valence-electron chi connectivity index (χ4n) is 3.70. The van der Waals surface area contributed by atoms with E-state index in [1.807, 2.05) is 24.3 Å². The largest absolute Gasteiger partial charge is 0.493 e. The van der Waals surface area contributed by atoms with Crippen molar-refractivity contribution in [2.75, 3.05) is 47.1 Å². The molecule has 3 aromatic rings. The summed E-state index contributed by atoms with van der Waals surface area (Å²) >= 11 is 0. The SMILES string of the molecule is C=C(CCNC(=O)c1cc2nccc(-c3ccc(OC)c(OC)c3)n2n1)NC(=O)N1CCOCC1. The summed E-state index contributed by atoms with van der Waals surface area (Å²) in [6.45, 7) is 6.31. The maximum atomic E-state index is 12.7. The van der Waals surface area contributed by atoms with Crippen molar-refractivity contribution in [2.45, 2.75) is 6.42 Å². The average Bonchev–Trinajstić information content (AvgIpc) is 3.33. The Hall–Kier alpha value is -4.12. The van der Waals surface area contributed by atoms with Crippen molar-refractivity contribution in [2.24, 2.45) is 0 Å². The second-order valence-electron chi connectivity index (χ2n) is 7.84. The number of hydrogen-bond donors (Lipinski definition) is 2. The maximum absolute atomic E-state index is 12.7. The van der Waals surface area contributed by atoms with Gasteiger partial charge in [0.15, 0.2) is 22.8 Å². The molecule has 0 radical (unpaired) electrons. The minimum absolute atomic E-state index is 0.209. The van der Waals surface area contributed by atoms with Crippen LogP contribution in [0.2, 0.25) is 0 Å². The van der Waals surface area contributed by atoms with Gasteiger partial charge in [0.2, 0.25) is 0 Å². The second-order valence-corrected chi connectivity index (χ2v) is 7.84. The number of carbonyl (C=O) groups is 2. The molecule has 1 aromatic carbocycles. The maximum Gasteiger partial charge on any atom is 0.321 e. The van der Waals surface area contributed by atoms with Crippen LogP contribution in [0, 0.1) is 0 Å². The topological polar surface area (TPSA) is 119 Å². The standard InChI is InChI=1S/C24H28N6O5/c1-16(27-24(32)29-10-12-35-13-11-29)6-8-26-23(31)18-15-22-25-9-7-19(30(22)28-18)17-4-5-20(33-2)21(14-17)34-3/h4-5,7,9,14-15H,1,6,8,10-13H2,2-3H3,(H,26,31)(H,27,32). The highest BCUT2D eigenvalue weighted by Gasteiger charge is 2.18. The molecule has 11 heteroatoms. The van der Waals surface area contributed by atoms with Crippen molar-refractivity contribution in [1.82, 2.24) is 30.1 Å². The van der Waals surface area contributed by atoms with Crippen LogP contribution in [0.4, 0.5) is 4.79 Å². The van der Waals surface area contributed by atoms with E-state index in [-0.39, 0.29) is 17.6 Å². The van der Waals surface area contributed by atoms with Crippen LogP contribution in [0.3, 0.4) is 0 Å². The Morgan fingerprint density at radius 3 is 2.63 bits per heavy atom. The normalized spacial score (nSPS) is 13.4. The lowest BCUT2D eigenvalue weighted by molar-refractivity contribution is 0.0537. The van der Waals surface area contributed by atoms with Crippen LogP contribution in [0.15, 0.2) is 48.8 Å². The number of benzene rings is 1. The summed E-state index contributed by atoms with van der Waals surface area (Å²) in [5, 5.41) is 10.0. The Labute approximate surface area is 202 Å². The number of rotatable bonds is 8. The zero-order chi connectivity index (χ0) is 24.8. The van der Waals surface area contributed by atoms with E-state index in [1.54, 1.807) is 35.9 Å². The number of hydrogen-bond acceptors (Lipinski definition) is 7. The molecule has 0 unspecified atom stereocenters. The Morgan fingerprint density at radius 2 is 1.89 bits per heavy atom. The Balaban J connectivity index is 1.39. The molecule has 3 amide bonds. The van der Waals surface area contributed by atoms with Crippen molar-refractivity contribution in [1.29, 1.82) is 0 Å². The summed E-state index contributed by atoms with van der Waals surface area (Å²) in [5.41, 5.74) is 2.86. The molecule has 0 aliphatic carbocycles. The number of fused-ring (bicyclic) bond motifs is 1. The Kier molecular flexibility index (Phi) is 7.46. The van der Waals surface area contributed by atoms with Gasteiger partial charge in [0.25, 0.3) is 5.91 Å². The van der Waals surface area contributed by atoms with Gasteiger partial charge in [-0.15, -0.1) is 0 Å². The smallest absolute Gasteiger partial charge is 0.321 e. The van der Waals surface area contributed by atoms with Crippen molar-refractivity contribution in [3.8, 4) is 22.8 Å². The summed E-state index contributed by atoms with van der Waals surface area (Å²) in [7, 11) is 3.15. The fourth-order valence-corrected chi connectivity index (χ4v) is 3.70. The average molecular weight is 481 g/mol. The number of amides is 3. The van der Waals surface area contributed by atoms with E-state index in [2.05, 4.69) is 27.3 Å². The van der Waals surface area contributed by atoms with Gasteiger partial charge >= 0.3 is 6.03 Å². The van der Waals surface area contributed by atoms with Crippen LogP contribution in [0.5, 0.6) is 11.5 Å². The van der Waals surface area contributed by atoms with Crippen molar-refractivity contribution in [3.05, 3.63) is 54.5 Å². The molecule has 0 spiro atoms. The highest BCUT2D eigenvalue weighted by molar-refractivity contribution is 5.93. The van der Waals surface area contributed by atoms with E-state index in [9.17, 15) is 9.59 Å². The molecular formula is C24H28N6O5. The minimum Gasteiger partial charge on any atom is -0.493 e. The molecule has 1 saturated heterocycles. The molecule has 2 aromatic heterocycles. The first-order chi connectivity index (χ1) is 17.0. The Morgan fingerprint density at radius 1 is 1.11 bits per heavy atom. The van der Waals surface area contributed by atoms with Gasteiger partial charge in [-0.3, -0.25) is 4.79 Å². The molecule has 0 bridgehead atoms. The van der Waals surface area contributed by atoms with Gasteiger partial charge < -0.3 is 29.7 Å². The minimum atomic E-state index is -0.346. The number of methoxy groups -OCH3 is 2. The van der Waals surface area contributed by atoms with Crippen molar-refractivity contribution < 1.29 is 23.8 Å². The molecule has 1 aliphatic heterocycles. The molecular weight excluding hydrogens is 452 g/mol. The number of nitrogens with zero attached hydrogens (tertiary/aromatic N) is 4.